The van der Waals surface area contributed by atoms with E-state index >= 15 is 0 Å². The van der Waals surface area contributed by atoms with E-state index in [4.69, 9.17) is 14.7 Å². The Morgan fingerprint density at radius 1 is 1.03 bits per heavy atom. The summed E-state index contributed by atoms with van der Waals surface area (Å²) in [6.45, 7) is 5.97. The number of fused-ring (bicyclic) bond motifs is 1. The summed E-state index contributed by atoms with van der Waals surface area (Å²) in [6.07, 6.45) is 1.15. The molecule has 3 aromatic rings. The predicted molar refractivity (Wildman–Crippen MR) is 150 cm³/mol. The zero-order valence-electron chi connectivity index (χ0n) is 23.5. The molecule has 0 aliphatic heterocycles. The minimum atomic E-state index is -4.74. The van der Waals surface area contributed by atoms with Crippen molar-refractivity contribution in [3.05, 3.63) is 47.8 Å². The van der Waals surface area contributed by atoms with Crippen LogP contribution in [0.3, 0.4) is 0 Å². The van der Waals surface area contributed by atoms with Crippen molar-refractivity contribution in [1.29, 1.82) is 0 Å². The molecular formula is C30H39F3N4O2. The molecule has 6 nitrogen and oxygen atoms in total. The molecule has 1 aromatic heterocycles. The molecule has 39 heavy (non-hydrogen) atoms. The maximum Gasteiger partial charge on any atom is 0.573 e. The number of benzene rings is 2. The third-order valence-electron chi connectivity index (χ3n) is 7.28. The van der Waals surface area contributed by atoms with Crippen LogP contribution in [0, 0.1) is 0 Å². The molecule has 0 bridgehead atoms. The highest BCUT2D eigenvalue weighted by atomic mass is 19.4. The van der Waals surface area contributed by atoms with Gasteiger partial charge in [0.1, 0.15) is 23.1 Å². The summed E-state index contributed by atoms with van der Waals surface area (Å²) in [5.41, 5.74) is 2.99. The SMILES string of the molecule is CCCN(CCCC(CC)c1ccc(OC(F)(F)F)cc1OC)c1nc(C2CC2)nc2ccc(N(C)C)cc12. The van der Waals surface area contributed by atoms with E-state index < -0.39 is 6.36 Å². The number of ether oxygens (including phenoxy) is 2. The Hall–Kier alpha value is -3.23. The first kappa shape index (κ1) is 28.8. The Kier molecular flexibility index (Phi) is 9.08. The summed E-state index contributed by atoms with van der Waals surface area (Å²) >= 11 is 0. The Morgan fingerprint density at radius 3 is 2.41 bits per heavy atom. The predicted octanol–water partition coefficient (Wildman–Crippen LogP) is 7.67. The first-order chi connectivity index (χ1) is 18.6. The lowest BCUT2D eigenvalue weighted by atomic mass is 9.91. The van der Waals surface area contributed by atoms with Gasteiger partial charge in [0.25, 0.3) is 0 Å². The molecular weight excluding hydrogens is 505 g/mol. The summed E-state index contributed by atoms with van der Waals surface area (Å²) < 4.78 is 47.6. The van der Waals surface area contributed by atoms with Gasteiger partial charge in [-0.15, -0.1) is 13.2 Å². The van der Waals surface area contributed by atoms with Crippen LogP contribution in [0.25, 0.3) is 10.9 Å². The summed E-state index contributed by atoms with van der Waals surface area (Å²) in [5.74, 6) is 2.67. The largest absolute Gasteiger partial charge is 0.573 e. The first-order valence-corrected chi connectivity index (χ1v) is 13.8. The second-order valence-electron chi connectivity index (χ2n) is 10.5. The molecule has 0 N–H and O–H groups in total. The van der Waals surface area contributed by atoms with Crippen molar-refractivity contribution in [2.75, 3.05) is 44.1 Å². The van der Waals surface area contributed by atoms with Gasteiger partial charge in [-0.25, -0.2) is 9.97 Å². The van der Waals surface area contributed by atoms with E-state index in [0.717, 1.165) is 85.4 Å². The molecule has 1 unspecified atom stereocenters. The quantitative estimate of drug-likeness (QED) is 0.220. The van der Waals surface area contributed by atoms with E-state index in [2.05, 4.69) is 46.6 Å². The van der Waals surface area contributed by atoms with Gasteiger partial charge in [0.15, 0.2) is 0 Å². The highest BCUT2D eigenvalue weighted by molar-refractivity contribution is 5.92. The fourth-order valence-electron chi connectivity index (χ4n) is 5.09. The van der Waals surface area contributed by atoms with E-state index in [-0.39, 0.29) is 11.7 Å². The first-order valence-electron chi connectivity index (χ1n) is 13.8. The van der Waals surface area contributed by atoms with Crippen molar-refractivity contribution in [2.24, 2.45) is 0 Å². The lowest BCUT2D eigenvalue weighted by Gasteiger charge is -2.27. The van der Waals surface area contributed by atoms with E-state index in [1.807, 2.05) is 14.1 Å². The van der Waals surface area contributed by atoms with Gasteiger partial charge in [-0.3, -0.25) is 0 Å². The van der Waals surface area contributed by atoms with Crippen LogP contribution >= 0.6 is 0 Å². The van der Waals surface area contributed by atoms with Gasteiger partial charge in [0, 0.05) is 50.2 Å². The zero-order valence-corrected chi connectivity index (χ0v) is 23.5. The third-order valence-corrected chi connectivity index (χ3v) is 7.28. The van der Waals surface area contributed by atoms with E-state index in [1.54, 1.807) is 6.07 Å². The standard InChI is InChI=1S/C30H39F3N4O2/c1-6-16-37(29-25-18-22(36(3)4)12-15-26(25)34-28(35-29)21-10-11-21)17-8-9-20(7-2)24-14-13-23(19-27(24)38-5)39-30(31,32)33/h12-15,18-21H,6-11,16-17H2,1-5H3. The fourth-order valence-corrected chi connectivity index (χ4v) is 5.09. The van der Waals surface area contributed by atoms with Gasteiger partial charge in [0.2, 0.25) is 0 Å². The molecule has 0 saturated heterocycles. The van der Waals surface area contributed by atoms with Crippen LogP contribution in [0.2, 0.25) is 0 Å². The van der Waals surface area contributed by atoms with E-state index in [0.29, 0.717) is 11.7 Å². The molecule has 1 fully saturated rings. The third kappa shape index (κ3) is 7.25. The Morgan fingerprint density at radius 2 is 1.79 bits per heavy atom. The van der Waals surface area contributed by atoms with Crippen molar-refractivity contribution >= 4 is 22.4 Å². The molecule has 9 heteroatoms. The van der Waals surface area contributed by atoms with Gasteiger partial charge in [-0.2, -0.15) is 0 Å². The van der Waals surface area contributed by atoms with Gasteiger partial charge in [-0.1, -0.05) is 19.9 Å². The highest BCUT2D eigenvalue weighted by Crippen LogP contribution is 2.41. The molecule has 212 valence electrons. The maximum absolute atomic E-state index is 12.7. The number of methoxy groups -OCH3 is 1. The van der Waals surface area contributed by atoms with Gasteiger partial charge in [0.05, 0.1) is 12.6 Å². The van der Waals surface area contributed by atoms with Crippen LogP contribution in [-0.2, 0) is 0 Å². The summed E-state index contributed by atoms with van der Waals surface area (Å²) in [6, 6.07) is 10.8. The highest BCUT2D eigenvalue weighted by Gasteiger charge is 2.32. The Labute approximate surface area is 229 Å². The van der Waals surface area contributed by atoms with E-state index in [1.165, 1.54) is 19.2 Å². The minimum Gasteiger partial charge on any atom is -0.496 e. The average Bonchev–Trinajstić information content (AvgIpc) is 3.74. The molecule has 1 aliphatic carbocycles. The van der Waals surface area contributed by atoms with Crippen molar-refractivity contribution in [3.63, 3.8) is 0 Å². The van der Waals surface area contributed by atoms with Crippen molar-refractivity contribution < 1.29 is 22.6 Å². The average molecular weight is 545 g/mol. The molecule has 0 amide bonds. The van der Waals surface area contributed by atoms with Crippen LogP contribution < -0.4 is 19.3 Å². The van der Waals surface area contributed by atoms with Gasteiger partial charge >= 0.3 is 6.36 Å². The maximum atomic E-state index is 12.7. The van der Waals surface area contributed by atoms with E-state index in [9.17, 15) is 13.2 Å². The van der Waals surface area contributed by atoms with Crippen LogP contribution in [0.1, 0.15) is 75.6 Å². The molecule has 0 spiro atoms. The molecule has 1 saturated carbocycles. The van der Waals surface area contributed by atoms with Crippen LogP contribution in [0.4, 0.5) is 24.7 Å². The monoisotopic (exact) mass is 544 g/mol. The lowest BCUT2D eigenvalue weighted by Crippen LogP contribution is -2.27. The van der Waals surface area contributed by atoms with Crippen LogP contribution in [-0.4, -0.2) is 50.6 Å². The number of alkyl halides is 3. The lowest BCUT2D eigenvalue weighted by molar-refractivity contribution is -0.274. The number of aromatic nitrogens is 2. The minimum absolute atomic E-state index is 0.146. The topological polar surface area (TPSA) is 50.7 Å². The zero-order chi connectivity index (χ0) is 28.2. The Balaban J connectivity index is 1.56. The molecule has 1 atom stereocenters. The molecule has 0 radical (unpaired) electrons. The molecule has 1 heterocycles. The van der Waals surface area contributed by atoms with Crippen molar-refractivity contribution in [1.82, 2.24) is 9.97 Å². The second kappa shape index (κ2) is 12.3. The Bertz CT molecular complexity index is 1260. The summed E-state index contributed by atoms with van der Waals surface area (Å²) in [5, 5.41) is 1.06. The second-order valence-corrected chi connectivity index (χ2v) is 10.5. The van der Waals surface area contributed by atoms with Crippen LogP contribution in [0.5, 0.6) is 11.5 Å². The van der Waals surface area contributed by atoms with Gasteiger partial charge < -0.3 is 19.3 Å². The number of halogens is 3. The molecule has 1 aliphatic rings. The van der Waals surface area contributed by atoms with Crippen molar-refractivity contribution in [2.45, 2.75) is 70.6 Å². The number of rotatable bonds is 13. The number of hydrogen-bond acceptors (Lipinski definition) is 6. The smallest absolute Gasteiger partial charge is 0.496 e. The molecule has 2 aromatic carbocycles. The summed E-state index contributed by atoms with van der Waals surface area (Å²) in [7, 11) is 5.54. The van der Waals surface area contributed by atoms with Crippen molar-refractivity contribution in [3.8, 4) is 11.5 Å². The summed E-state index contributed by atoms with van der Waals surface area (Å²) in [4.78, 5) is 14.5. The molecule has 4 rings (SSSR count). The van der Waals surface area contributed by atoms with Gasteiger partial charge in [-0.05, 0) is 74.3 Å². The number of hydrogen-bond donors (Lipinski definition) is 0. The normalized spacial score (nSPS) is 14.4. The number of anilines is 2. The number of nitrogens with zero attached hydrogens (tertiary/aromatic N) is 4. The van der Waals surface area contributed by atoms with Crippen LogP contribution in [0.15, 0.2) is 36.4 Å². The fraction of sp³-hybridized carbons (Fsp3) is 0.533.